The third-order valence-electron chi connectivity index (χ3n) is 5.63. The Balaban J connectivity index is 1.61. The van der Waals surface area contributed by atoms with Crippen LogP contribution in [0.25, 0.3) is 17.1 Å². The number of benzene rings is 2. The Bertz CT molecular complexity index is 1260. The fourth-order valence-corrected chi connectivity index (χ4v) is 6.71. The molecule has 7 nitrogen and oxygen atoms in total. The van der Waals surface area contributed by atoms with E-state index in [1.165, 1.54) is 11.8 Å². The summed E-state index contributed by atoms with van der Waals surface area (Å²) in [4.78, 5) is 14.7. The van der Waals surface area contributed by atoms with Crippen molar-refractivity contribution in [1.29, 1.82) is 0 Å². The lowest BCUT2D eigenvalue weighted by Gasteiger charge is -2.26. The van der Waals surface area contributed by atoms with Crippen molar-refractivity contribution >= 4 is 39.1 Å². The van der Waals surface area contributed by atoms with Crippen molar-refractivity contribution < 1.29 is 13.2 Å². The van der Waals surface area contributed by atoms with Crippen molar-refractivity contribution in [2.24, 2.45) is 0 Å². The van der Waals surface area contributed by atoms with Gasteiger partial charge in [-0.3, -0.25) is 9.36 Å². The molecule has 0 aliphatic carbocycles. The molecule has 3 aromatic rings. The maximum absolute atomic E-state index is 13.0. The predicted octanol–water partition coefficient (Wildman–Crippen LogP) is 4.02. The van der Waals surface area contributed by atoms with E-state index in [4.69, 9.17) is 11.6 Å². The molecule has 33 heavy (non-hydrogen) atoms. The standard InChI is InChI=1S/C23H25ClN4O3S2/c1-3-27(20-11-12-33(30,31)15-20)21(29)14-32-23-26-25-22(17-7-9-18(24)10-8-17)28(23)19-6-4-5-16(2)13-19/h4-10,13,20H,3,11-12,14-15H2,1-2H3/t20-/m0/s1. The van der Waals surface area contributed by atoms with Crippen LogP contribution in [0.15, 0.2) is 53.7 Å². The number of amides is 1. The zero-order chi connectivity index (χ0) is 23.6. The minimum Gasteiger partial charge on any atom is -0.338 e. The lowest BCUT2D eigenvalue weighted by molar-refractivity contribution is -0.129. The maximum atomic E-state index is 13.0. The normalized spacial score (nSPS) is 17.2. The molecule has 0 saturated carbocycles. The van der Waals surface area contributed by atoms with Gasteiger partial charge < -0.3 is 4.90 Å². The van der Waals surface area contributed by atoms with Gasteiger partial charge in [-0.1, -0.05) is 35.5 Å². The molecule has 1 aliphatic rings. The van der Waals surface area contributed by atoms with Gasteiger partial charge in [-0.25, -0.2) is 8.42 Å². The molecule has 2 aromatic carbocycles. The average molecular weight is 505 g/mol. The largest absolute Gasteiger partial charge is 0.338 e. The molecule has 10 heteroatoms. The first-order valence-electron chi connectivity index (χ1n) is 10.7. The lowest BCUT2D eigenvalue weighted by atomic mass is 10.2. The molecule has 1 fully saturated rings. The van der Waals surface area contributed by atoms with Crippen molar-refractivity contribution in [2.45, 2.75) is 31.5 Å². The van der Waals surface area contributed by atoms with Gasteiger partial charge >= 0.3 is 0 Å². The zero-order valence-electron chi connectivity index (χ0n) is 18.4. The molecule has 2 heterocycles. The van der Waals surface area contributed by atoms with Crippen LogP contribution in [-0.2, 0) is 14.6 Å². The Kier molecular flexibility index (Phi) is 7.11. The molecule has 1 aromatic heterocycles. The molecule has 1 amide bonds. The number of aryl methyl sites for hydroxylation is 1. The minimum absolute atomic E-state index is 0.0391. The van der Waals surface area contributed by atoms with E-state index in [0.29, 0.717) is 29.0 Å². The third-order valence-corrected chi connectivity index (χ3v) is 8.55. The van der Waals surface area contributed by atoms with Gasteiger partial charge in [0.25, 0.3) is 0 Å². The van der Waals surface area contributed by atoms with E-state index in [1.54, 1.807) is 17.0 Å². The molecule has 1 aliphatic heterocycles. The molecule has 0 spiro atoms. The summed E-state index contributed by atoms with van der Waals surface area (Å²) in [6.45, 7) is 4.36. The molecular weight excluding hydrogens is 480 g/mol. The molecule has 1 saturated heterocycles. The summed E-state index contributed by atoms with van der Waals surface area (Å²) in [6.07, 6.45) is 0.493. The summed E-state index contributed by atoms with van der Waals surface area (Å²) in [5.74, 6) is 0.880. The lowest BCUT2D eigenvalue weighted by Crippen LogP contribution is -2.42. The van der Waals surface area contributed by atoms with Crippen LogP contribution in [0.1, 0.15) is 18.9 Å². The fourth-order valence-electron chi connectivity index (χ4n) is 4.02. The van der Waals surface area contributed by atoms with Gasteiger partial charge in [-0.15, -0.1) is 10.2 Å². The summed E-state index contributed by atoms with van der Waals surface area (Å²) < 4.78 is 25.7. The van der Waals surface area contributed by atoms with Crippen LogP contribution in [0.4, 0.5) is 0 Å². The zero-order valence-corrected chi connectivity index (χ0v) is 20.8. The van der Waals surface area contributed by atoms with E-state index in [1.807, 2.05) is 54.8 Å². The highest BCUT2D eigenvalue weighted by Crippen LogP contribution is 2.29. The minimum atomic E-state index is -3.06. The van der Waals surface area contributed by atoms with Crippen molar-refractivity contribution in [1.82, 2.24) is 19.7 Å². The van der Waals surface area contributed by atoms with Crippen LogP contribution in [0.2, 0.25) is 5.02 Å². The molecule has 0 radical (unpaired) electrons. The topological polar surface area (TPSA) is 85.2 Å². The van der Waals surface area contributed by atoms with Crippen molar-refractivity contribution in [3.05, 3.63) is 59.1 Å². The van der Waals surface area contributed by atoms with Gasteiger partial charge in [-0.05, 0) is 62.2 Å². The molecule has 1 atom stereocenters. The molecule has 4 rings (SSSR count). The van der Waals surface area contributed by atoms with Crippen LogP contribution in [0.3, 0.4) is 0 Å². The van der Waals surface area contributed by atoms with Crippen LogP contribution in [0.5, 0.6) is 0 Å². The Labute approximate surface area is 203 Å². The highest BCUT2D eigenvalue weighted by molar-refractivity contribution is 7.99. The highest BCUT2D eigenvalue weighted by atomic mass is 35.5. The average Bonchev–Trinajstić information content (AvgIpc) is 3.36. The molecular formula is C23H25ClN4O3S2. The van der Waals surface area contributed by atoms with Gasteiger partial charge in [0, 0.05) is 28.9 Å². The number of nitrogens with zero attached hydrogens (tertiary/aromatic N) is 4. The monoisotopic (exact) mass is 504 g/mol. The van der Waals surface area contributed by atoms with E-state index in [9.17, 15) is 13.2 Å². The Morgan fingerprint density at radius 3 is 2.61 bits per heavy atom. The summed E-state index contributed by atoms with van der Waals surface area (Å²) >= 11 is 7.35. The van der Waals surface area contributed by atoms with Gasteiger partial charge in [0.05, 0.1) is 17.3 Å². The number of sulfone groups is 1. The highest BCUT2D eigenvalue weighted by Gasteiger charge is 2.34. The third kappa shape index (κ3) is 5.42. The van der Waals surface area contributed by atoms with Crippen molar-refractivity contribution in [3.8, 4) is 17.1 Å². The van der Waals surface area contributed by atoms with Crippen molar-refractivity contribution in [3.63, 3.8) is 0 Å². The van der Waals surface area contributed by atoms with Crippen LogP contribution in [0, 0.1) is 6.92 Å². The maximum Gasteiger partial charge on any atom is 0.233 e. The van der Waals surface area contributed by atoms with Gasteiger partial charge in [0.15, 0.2) is 20.8 Å². The van der Waals surface area contributed by atoms with Gasteiger partial charge in [0.2, 0.25) is 5.91 Å². The second-order valence-electron chi connectivity index (χ2n) is 8.01. The SMILES string of the molecule is CCN(C(=O)CSc1nnc(-c2ccc(Cl)cc2)n1-c1cccc(C)c1)[C@H]1CCS(=O)(=O)C1. The first-order valence-corrected chi connectivity index (χ1v) is 13.9. The van der Waals surface area contributed by atoms with Crippen LogP contribution in [-0.4, -0.2) is 63.8 Å². The van der Waals surface area contributed by atoms with E-state index in [0.717, 1.165) is 16.8 Å². The van der Waals surface area contributed by atoms with Crippen LogP contribution >= 0.6 is 23.4 Å². The number of hydrogen-bond donors (Lipinski definition) is 0. The number of rotatable bonds is 7. The number of thioether (sulfide) groups is 1. The predicted molar refractivity (Wildman–Crippen MR) is 132 cm³/mol. The number of halogens is 1. The Hall–Kier alpha value is -2.36. The van der Waals surface area contributed by atoms with Crippen LogP contribution < -0.4 is 0 Å². The molecule has 0 N–H and O–H groups in total. The quantitative estimate of drug-likeness (QED) is 0.452. The Morgan fingerprint density at radius 1 is 1.21 bits per heavy atom. The number of aromatic nitrogens is 3. The number of carbonyl (C=O) groups is 1. The van der Waals surface area contributed by atoms with E-state index < -0.39 is 9.84 Å². The van der Waals surface area contributed by atoms with Crippen molar-refractivity contribution in [2.75, 3.05) is 23.8 Å². The van der Waals surface area contributed by atoms with E-state index >= 15 is 0 Å². The van der Waals surface area contributed by atoms with Gasteiger partial charge in [0.1, 0.15) is 0 Å². The summed E-state index contributed by atoms with van der Waals surface area (Å²) in [6, 6.07) is 15.1. The van der Waals surface area contributed by atoms with E-state index in [2.05, 4.69) is 10.2 Å². The molecule has 0 bridgehead atoms. The summed E-state index contributed by atoms with van der Waals surface area (Å²) in [5.41, 5.74) is 2.85. The molecule has 0 unspecified atom stereocenters. The summed E-state index contributed by atoms with van der Waals surface area (Å²) in [5, 5.41) is 10.0. The van der Waals surface area contributed by atoms with Gasteiger partial charge in [-0.2, -0.15) is 0 Å². The first kappa shape index (κ1) is 23.8. The first-order chi connectivity index (χ1) is 15.8. The summed E-state index contributed by atoms with van der Waals surface area (Å²) in [7, 11) is -3.06. The second-order valence-corrected chi connectivity index (χ2v) is 11.6. The number of carbonyl (C=O) groups excluding carboxylic acids is 1. The molecule has 174 valence electrons. The van der Waals surface area contributed by atoms with E-state index in [-0.39, 0.29) is 29.2 Å². The number of hydrogen-bond acceptors (Lipinski definition) is 6. The fraction of sp³-hybridized carbons (Fsp3) is 0.348. The Morgan fingerprint density at radius 2 is 1.97 bits per heavy atom. The smallest absolute Gasteiger partial charge is 0.233 e. The second kappa shape index (κ2) is 9.87.